The van der Waals surface area contributed by atoms with E-state index in [1.54, 1.807) is 4.90 Å². The van der Waals surface area contributed by atoms with Crippen molar-refractivity contribution >= 4 is 11.8 Å². The first-order valence-corrected chi connectivity index (χ1v) is 10.0. The minimum atomic E-state index is -0.344. The molecule has 2 aliphatic rings. The molecule has 1 saturated heterocycles. The van der Waals surface area contributed by atoms with Crippen LogP contribution in [0.5, 0.6) is 0 Å². The molecule has 2 atom stereocenters. The summed E-state index contributed by atoms with van der Waals surface area (Å²) in [7, 11) is 0. The van der Waals surface area contributed by atoms with E-state index in [4.69, 9.17) is 5.73 Å². The summed E-state index contributed by atoms with van der Waals surface area (Å²) in [4.78, 5) is 27.3. The number of carbonyl (C=O) groups excluding carboxylic acids is 2. The minimum absolute atomic E-state index is 0.0232. The van der Waals surface area contributed by atoms with Crippen LogP contribution in [0.4, 0.5) is 0 Å². The van der Waals surface area contributed by atoms with Crippen LogP contribution in [0.1, 0.15) is 50.5 Å². The first kappa shape index (κ1) is 18.9. The number of likely N-dealkylation sites (tertiary alicyclic amines) is 1. The number of nitrogens with two attached hydrogens (primary N) is 1. The molecular formula is C21H31N3O2. The summed E-state index contributed by atoms with van der Waals surface area (Å²) in [5, 5.41) is 3.17. The van der Waals surface area contributed by atoms with Crippen molar-refractivity contribution in [3.63, 3.8) is 0 Å². The third kappa shape index (κ3) is 4.64. The van der Waals surface area contributed by atoms with Gasteiger partial charge in [-0.3, -0.25) is 9.59 Å². The van der Waals surface area contributed by atoms with Crippen LogP contribution in [0.15, 0.2) is 30.3 Å². The summed E-state index contributed by atoms with van der Waals surface area (Å²) in [6.45, 7) is 1.14. The van der Waals surface area contributed by atoms with Gasteiger partial charge in [0.25, 0.3) is 0 Å². The van der Waals surface area contributed by atoms with Crippen molar-refractivity contribution < 1.29 is 9.59 Å². The van der Waals surface area contributed by atoms with Gasteiger partial charge in [0.2, 0.25) is 11.8 Å². The maximum Gasteiger partial charge on any atom is 0.243 e. The standard InChI is InChI=1S/C21H31N3O2/c22-15-18(17-10-5-2-6-11-17)23-21(26)19-12-7-13-24(19)20(25)14-16-8-3-1-4-9-16/h1,3-4,8-9,17-19H,2,5-7,10-15,22H2,(H,23,26). The van der Waals surface area contributed by atoms with Crippen molar-refractivity contribution in [2.45, 2.75) is 63.5 Å². The van der Waals surface area contributed by atoms with Gasteiger partial charge in [-0.25, -0.2) is 0 Å². The molecule has 1 aliphatic heterocycles. The lowest BCUT2D eigenvalue weighted by molar-refractivity contribution is -0.138. The van der Waals surface area contributed by atoms with Gasteiger partial charge in [0.1, 0.15) is 6.04 Å². The smallest absolute Gasteiger partial charge is 0.243 e. The van der Waals surface area contributed by atoms with Crippen LogP contribution in [0.2, 0.25) is 0 Å². The maximum absolute atomic E-state index is 12.9. The molecule has 0 aromatic heterocycles. The zero-order chi connectivity index (χ0) is 18.4. The normalized spacial score (nSPS) is 22.2. The molecule has 1 heterocycles. The molecule has 2 fully saturated rings. The average Bonchev–Trinajstić information content (AvgIpc) is 3.17. The van der Waals surface area contributed by atoms with Gasteiger partial charge in [0.15, 0.2) is 0 Å². The van der Waals surface area contributed by atoms with E-state index in [1.807, 2.05) is 30.3 Å². The second-order valence-electron chi connectivity index (χ2n) is 7.66. The molecule has 0 spiro atoms. The number of benzene rings is 1. The second-order valence-corrected chi connectivity index (χ2v) is 7.66. The predicted molar refractivity (Wildman–Crippen MR) is 102 cm³/mol. The van der Waals surface area contributed by atoms with Crippen molar-refractivity contribution in [3.8, 4) is 0 Å². The van der Waals surface area contributed by atoms with E-state index < -0.39 is 0 Å². The van der Waals surface area contributed by atoms with Crippen LogP contribution in [0.25, 0.3) is 0 Å². The van der Waals surface area contributed by atoms with E-state index in [1.165, 1.54) is 19.3 Å². The number of nitrogens with zero attached hydrogens (tertiary/aromatic N) is 1. The molecule has 2 amide bonds. The van der Waals surface area contributed by atoms with Gasteiger partial charge in [0, 0.05) is 19.1 Å². The first-order valence-electron chi connectivity index (χ1n) is 10.0. The summed E-state index contributed by atoms with van der Waals surface area (Å²) in [6, 6.07) is 9.42. The van der Waals surface area contributed by atoms with Gasteiger partial charge in [0.05, 0.1) is 6.42 Å². The summed E-state index contributed by atoms with van der Waals surface area (Å²) >= 11 is 0. The Morgan fingerprint density at radius 3 is 2.50 bits per heavy atom. The predicted octanol–water partition coefficient (Wildman–Crippen LogP) is 2.24. The molecule has 0 radical (unpaired) electrons. The first-order chi connectivity index (χ1) is 12.7. The molecule has 1 aromatic rings. The van der Waals surface area contributed by atoms with E-state index in [9.17, 15) is 9.59 Å². The number of nitrogens with one attached hydrogen (secondary N) is 1. The van der Waals surface area contributed by atoms with Crippen LogP contribution >= 0.6 is 0 Å². The van der Waals surface area contributed by atoms with Crippen LogP contribution in [-0.2, 0) is 16.0 Å². The second kappa shape index (κ2) is 9.17. The Hall–Kier alpha value is -1.88. The number of carbonyl (C=O) groups is 2. The Balaban J connectivity index is 1.59. The lowest BCUT2D eigenvalue weighted by Crippen LogP contribution is -2.53. The largest absolute Gasteiger partial charge is 0.350 e. The highest BCUT2D eigenvalue weighted by Gasteiger charge is 2.35. The summed E-state index contributed by atoms with van der Waals surface area (Å²) in [5.41, 5.74) is 6.94. The fourth-order valence-corrected chi connectivity index (χ4v) is 4.39. The fraction of sp³-hybridized carbons (Fsp3) is 0.619. The average molecular weight is 357 g/mol. The highest BCUT2D eigenvalue weighted by atomic mass is 16.2. The van der Waals surface area contributed by atoms with Crippen molar-refractivity contribution in [1.29, 1.82) is 0 Å². The third-order valence-corrected chi connectivity index (χ3v) is 5.87. The van der Waals surface area contributed by atoms with Crippen molar-refractivity contribution in [2.75, 3.05) is 13.1 Å². The number of amides is 2. The van der Waals surface area contributed by atoms with Crippen molar-refractivity contribution in [2.24, 2.45) is 11.7 Å². The molecule has 142 valence electrons. The zero-order valence-corrected chi connectivity index (χ0v) is 15.5. The molecular weight excluding hydrogens is 326 g/mol. The van der Waals surface area contributed by atoms with Gasteiger partial charge in [-0.2, -0.15) is 0 Å². The Bertz CT molecular complexity index is 599. The van der Waals surface area contributed by atoms with E-state index in [0.717, 1.165) is 31.2 Å². The van der Waals surface area contributed by atoms with E-state index in [2.05, 4.69) is 5.32 Å². The molecule has 3 N–H and O–H groups in total. The zero-order valence-electron chi connectivity index (χ0n) is 15.5. The molecule has 2 unspecified atom stereocenters. The Morgan fingerprint density at radius 2 is 1.81 bits per heavy atom. The minimum Gasteiger partial charge on any atom is -0.350 e. The Kier molecular flexibility index (Phi) is 6.67. The van der Waals surface area contributed by atoms with E-state index in [-0.39, 0.29) is 23.9 Å². The number of hydrogen-bond acceptors (Lipinski definition) is 3. The quantitative estimate of drug-likeness (QED) is 0.820. The molecule has 1 aliphatic carbocycles. The van der Waals surface area contributed by atoms with Gasteiger partial charge >= 0.3 is 0 Å². The van der Waals surface area contributed by atoms with Gasteiger partial charge in [-0.1, -0.05) is 49.6 Å². The van der Waals surface area contributed by atoms with Crippen LogP contribution in [0, 0.1) is 5.92 Å². The highest BCUT2D eigenvalue weighted by Crippen LogP contribution is 2.27. The summed E-state index contributed by atoms with van der Waals surface area (Å²) in [5.74, 6) is 0.494. The Labute approximate surface area is 156 Å². The molecule has 5 heteroatoms. The monoisotopic (exact) mass is 357 g/mol. The van der Waals surface area contributed by atoms with Crippen LogP contribution in [0.3, 0.4) is 0 Å². The molecule has 1 aromatic carbocycles. The SMILES string of the molecule is NCC(NC(=O)C1CCCN1C(=O)Cc1ccccc1)C1CCCCC1. The number of rotatable bonds is 6. The van der Waals surface area contributed by atoms with Crippen LogP contribution < -0.4 is 11.1 Å². The maximum atomic E-state index is 12.9. The summed E-state index contributed by atoms with van der Waals surface area (Å²) < 4.78 is 0. The van der Waals surface area contributed by atoms with Gasteiger partial charge in [-0.05, 0) is 37.2 Å². The highest BCUT2D eigenvalue weighted by molar-refractivity contribution is 5.89. The van der Waals surface area contributed by atoms with Crippen molar-refractivity contribution in [3.05, 3.63) is 35.9 Å². The lowest BCUT2D eigenvalue weighted by atomic mass is 9.84. The van der Waals surface area contributed by atoms with Crippen molar-refractivity contribution in [1.82, 2.24) is 10.2 Å². The molecule has 26 heavy (non-hydrogen) atoms. The molecule has 0 bridgehead atoms. The van der Waals surface area contributed by atoms with Gasteiger partial charge in [-0.15, -0.1) is 0 Å². The fourth-order valence-electron chi connectivity index (χ4n) is 4.39. The topological polar surface area (TPSA) is 75.4 Å². The van der Waals surface area contributed by atoms with E-state index >= 15 is 0 Å². The lowest BCUT2D eigenvalue weighted by Gasteiger charge is -2.32. The van der Waals surface area contributed by atoms with Crippen LogP contribution in [-0.4, -0.2) is 41.9 Å². The van der Waals surface area contributed by atoms with Gasteiger partial charge < -0.3 is 16.0 Å². The third-order valence-electron chi connectivity index (χ3n) is 5.87. The van der Waals surface area contributed by atoms with E-state index in [0.29, 0.717) is 25.4 Å². The molecule has 1 saturated carbocycles. The number of hydrogen-bond donors (Lipinski definition) is 2. The molecule has 3 rings (SSSR count). The molecule has 5 nitrogen and oxygen atoms in total. The summed E-state index contributed by atoms with van der Waals surface area (Å²) in [6.07, 6.45) is 8.00. The Morgan fingerprint density at radius 1 is 1.08 bits per heavy atom.